The van der Waals surface area contributed by atoms with Gasteiger partial charge in [-0.15, -0.1) is 0 Å². The molecule has 0 unspecified atom stereocenters. The minimum atomic E-state index is 0.0547. The molecule has 0 radical (unpaired) electrons. The molecule has 1 aromatic rings. The lowest BCUT2D eigenvalue weighted by Gasteiger charge is -2.16. The van der Waals surface area contributed by atoms with Crippen LogP contribution in [-0.4, -0.2) is 25.0 Å². The molecule has 0 aliphatic carbocycles. The summed E-state index contributed by atoms with van der Waals surface area (Å²) < 4.78 is 0. The van der Waals surface area contributed by atoms with Gasteiger partial charge >= 0.3 is 0 Å². The van der Waals surface area contributed by atoms with Crippen LogP contribution in [0.4, 0.5) is 0 Å². The summed E-state index contributed by atoms with van der Waals surface area (Å²) in [5.74, 6) is 6.26. The SMILES string of the molecule is C=C(CN(C)CC=CC#CC(C)(C)C)c1ccc(Cl)cc1. The Balaban J connectivity index is 2.44. The van der Waals surface area contributed by atoms with Crippen LogP contribution in [0.3, 0.4) is 0 Å². The van der Waals surface area contributed by atoms with Crippen LogP contribution in [-0.2, 0) is 0 Å². The van der Waals surface area contributed by atoms with Crippen LogP contribution in [0.1, 0.15) is 26.3 Å². The molecule has 1 aromatic carbocycles. The standard InChI is InChI=1S/C19H24ClN/c1-16(17-9-11-18(20)12-10-17)15-21(5)14-8-6-7-13-19(2,3)4/h6,8-12H,1,14-15H2,2-5H3. The van der Waals surface area contributed by atoms with E-state index in [0.717, 1.165) is 29.2 Å². The summed E-state index contributed by atoms with van der Waals surface area (Å²) in [6.07, 6.45) is 4.00. The molecular formula is C19H24ClN. The minimum Gasteiger partial charge on any atom is -0.298 e. The van der Waals surface area contributed by atoms with Crippen LogP contribution in [0.15, 0.2) is 43.0 Å². The number of rotatable bonds is 5. The lowest BCUT2D eigenvalue weighted by molar-refractivity contribution is 0.419. The molecule has 1 nitrogen and oxygen atoms in total. The van der Waals surface area contributed by atoms with Gasteiger partial charge < -0.3 is 0 Å². The number of nitrogens with zero attached hydrogens (tertiary/aromatic N) is 1. The molecule has 112 valence electrons. The van der Waals surface area contributed by atoms with Gasteiger partial charge in [0.25, 0.3) is 0 Å². The van der Waals surface area contributed by atoms with Crippen molar-refractivity contribution in [2.45, 2.75) is 20.8 Å². The molecule has 0 aliphatic heterocycles. The van der Waals surface area contributed by atoms with E-state index < -0.39 is 0 Å². The van der Waals surface area contributed by atoms with Crippen LogP contribution in [0.25, 0.3) is 5.57 Å². The Hall–Kier alpha value is -1.49. The molecule has 1 rings (SSSR count). The van der Waals surface area contributed by atoms with E-state index in [1.165, 1.54) is 0 Å². The van der Waals surface area contributed by atoms with E-state index in [4.69, 9.17) is 11.6 Å². The van der Waals surface area contributed by atoms with E-state index in [2.05, 4.69) is 57.2 Å². The predicted octanol–water partition coefficient (Wildman–Crippen LogP) is 4.89. The van der Waals surface area contributed by atoms with Crippen molar-refractivity contribution in [3.63, 3.8) is 0 Å². The van der Waals surface area contributed by atoms with Gasteiger partial charge in [0.2, 0.25) is 0 Å². The summed E-state index contributed by atoms with van der Waals surface area (Å²) in [6, 6.07) is 7.79. The van der Waals surface area contributed by atoms with Crippen LogP contribution in [0.5, 0.6) is 0 Å². The van der Waals surface area contributed by atoms with Crippen molar-refractivity contribution in [1.82, 2.24) is 4.90 Å². The first-order chi connectivity index (χ1) is 9.78. The Morgan fingerprint density at radius 2 is 1.90 bits per heavy atom. The maximum Gasteiger partial charge on any atom is 0.0406 e. The van der Waals surface area contributed by atoms with Crippen LogP contribution >= 0.6 is 11.6 Å². The summed E-state index contributed by atoms with van der Waals surface area (Å²) in [5, 5.41) is 0.750. The van der Waals surface area contributed by atoms with Crippen molar-refractivity contribution in [1.29, 1.82) is 0 Å². The molecular weight excluding hydrogens is 278 g/mol. The summed E-state index contributed by atoms with van der Waals surface area (Å²) in [4.78, 5) is 2.20. The van der Waals surface area contributed by atoms with Gasteiger partial charge in [-0.1, -0.05) is 48.2 Å². The third-order valence-corrected chi connectivity index (χ3v) is 3.03. The van der Waals surface area contributed by atoms with Crippen molar-refractivity contribution >= 4 is 17.2 Å². The molecule has 0 heterocycles. The van der Waals surface area contributed by atoms with Gasteiger partial charge in [0.1, 0.15) is 0 Å². The van der Waals surface area contributed by atoms with Gasteiger partial charge in [-0.25, -0.2) is 0 Å². The Labute approximate surface area is 134 Å². The molecule has 0 fully saturated rings. The molecule has 0 aliphatic rings. The molecule has 0 atom stereocenters. The number of benzene rings is 1. The first kappa shape index (κ1) is 17.6. The molecule has 21 heavy (non-hydrogen) atoms. The summed E-state index contributed by atoms with van der Waals surface area (Å²) in [5.41, 5.74) is 2.27. The highest BCUT2D eigenvalue weighted by atomic mass is 35.5. The van der Waals surface area contributed by atoms with Crippen molar-refractivity contribution in [3.8, 4) is 11.8 Å². The highest BCUT2D eigenvalue weighted by Gasteiger charge is 2.03. The van der Waals surface area contributed by atoms with Crippen molar-refractivity contribution in [2.75, 3.05) is 20.1 Å². The third kappa shape index (κ3) is 7.75. The molecule has 0 aromatic heterocycles. The Morgan fingerprint density at radius 3 is 2.48 bits per heavy atom. The number of hydrogen-bond donors (Lipinski definition) is 0. The molecule has 0 spiro atoms. The van der Waals surface area contributed by atoms with E-state index >= 15 is 0 Å². The molecule has 0 N–H and O–H groups in total. The zero-order valence-corrected chi connectivity index (χ0v) is 14.2. The monoisotopic (exact) mass is 301 g/mol. The molecule has 2 heteroatoms. The normalized spacial score (nSPS) is 11.5. The van der Waals surface area contributed by atoms with E-state index in [0.29, 0.717) is 0 Å². The quantitative estimate of drug-likeness (QED) is 0.700. The number of likely N-dealkylation sites (N-methyl/N-ethyl adjacent to an activating group) is 1. The van der Waals surface area contributed by atoms with Crippen LogP contribution in [0.2, 0.25) is 5.02 Å². The zero-order chi connectivity index (χ0) is 15.9. The first-order valence-corrected chi connectivity index (χ1v) is 7.46. The van der Waals surface area contributed by atoms with Gasteiger partial charge in [0.05, 0.1) is 0 Å². The number of allylic oxidation sites excluding steroid dienone is 1. The fraction of sp³-hybridized carbons (Fsp3) is 0.368. The largest absolute Gasteiger partial charge is 0.298 e. The zero-order valence-electron chi connectivity index (χ0n) is 13.4. The maximum absolute atomic E-state index is 5.89. The molecule has 0 amide bonds. The Bertz CT molecular complexity index is 550. The maximum atomic E-state index is 5.89. The van der Waals surface area contributed by atoms with Gasteiger partial charge in [-0.05, 0) is 57.2 Å². The summed E-state index contributed by atoms with van der Waals surface area (Å²) in [7, 11) is 2.07. The lowest BCUT2D eigenvalue weighted by atomic mass is 9.98. The summed E-state index contributed by atoms with van der Waals surface area (Å²) in [6.45, 7) is 12.1. The average Bonchev–Trinajstić information content (AvgIpc) is 2.37. The number of halogens is 1. The second-order valence-corrected chi connectivity index (χ2v) is 6.67. The van der Waals surface area contributed by atoms with Gasteiger partial charge in [-0.3, -0.25) is 4.90 Å². The van der Waals surface area contributed by atoms with Crippen molar-refractivity contribution in [3.05, 3.63) is 53.6 Å². The van der Waals surface area contributed by atoms with E-state index in [-0.39, 0.29) is 5.41 Å². The highest BCUT2D eigenvalue weighted by Crippen LogP contribution is 2.16. The van der Waals surface area contributed by atoms with Gasteiger partial charge in [-0.2, -0.15) is 0 Å². The second-order valence-electron chi connectivity index (χ2n) is 6.23. The minimum absolute atomic E-state index is 0.0547. The van der Waals surface area contributed by atoms with Gasteiger partial charge in [0, 0.05) is 23.5 Å². The van der Waals surface area contributed by atoms with E-state index in [1.807, 2.05) is 30.3 Å². The van der Waals surface area contributed by atoms with E-state index in [1.54, 1.807) is 0 Å². The molecule has 0 bridgehead atoms. The number of hydrogen-bond acceptors (Lipinski definition) is 1. The van der Waals surface area contributed by atoms with Crippen LogP contribution < -0.4 is 0 Å². The second kappa shape index (κ2) is 8.08. The first-order valence-electron chi connectivity index (χ1n) is 7.08. The van der Waals surface area contributed by atoms with E-state index in [9.17, 15) is 0 Å². The van der Waals surface area contributed by atoms with Gasteiger partial charge in [0.15, 0.2) is 0 Å². The Kier molecular flexibility index (Phi) is 6.75. The predicted molar refractivity (Wildman–Crippen MR) is 94.4 cm³/mol. The fourth-order valence-electron chi connectivity index (χ4n) is 1.72. The smallest absolute Gasteiger partial charge is 0.0406 e. The van der Waals surface area contributed by atoms with Crippen LogP contribution in [0, 0.1) is 17.3 Å². The van der Waals surface area contributed by atoms with Crippen molar-refractivity contribution < 1.29 is 0 Å². The topological polar surface area (TPSA) is 3.24 Å². The Morgan fingerprint density at radius 1 is 1.29 bits per heavy atom. The highest BCUT2D eigenvalue weighted by molar-refractivity contribution is 6.30. The molecule has 0 saturated heterocycles. The lowest BCUT2D eigenvalue weighted by Crippen LogP contribution is -2.20. The summed E-state index contributed by atoms with van der Waals surface area (Å²) >= 11 is 5.89. The fourth-order valence-corrected chi connectivity index (χ4v) is 1.84. The van der Waals surface area contributed by atoms with Crippen molar-refractivity contribution in [2.24, 2.45) is 5.41 Å². The molecule has 0 saturated carbocycles. The average molecular weight is 302 g/mol. The third-order valence-electron chi connectivity index (χ3n) is 2.78.